The van der Waals surface area contributed by atoms with Crippen molar-refractivity contribution in [3.05, 3.63) is 30.0 Å². The molecule has 0 radical (unpaired) electrons. The molecule has 0 amide bonds. The number of aliphatic hydroxyl groups is 1. The molecule has 0 spiro atoms. The van der Waals surface area contributed by atoms with Crippen molar-refractivity contribution >= 4 is 10.9 Å². The van der Waals surface area contributed by atoms with Gasteiger partial charge in [-0.1, -0.05) is 25.1 Å². The lowest BCUT2D eigenvalue weighted by Gasteiger charge is -2.09. The highest BCUT2D eigenvalue weighted by molar-refractivity contribution is 5.81. The van der Waals surface area contributed by atoms with Gasteiger partial charge in [0.05, 0.1) is 11.2 Å². The Kier molecular flexibility index (Phi) is 4.33. The molecule has 0 aliphatic rings. The molecule has 2 N–H and O–H groups in total. The van der Waals surface area contributed by atoms with Gasteiger partial charge in [-0.25, -0.2) is 0 Å². The summed E-state index contributed by atoms with van der Waals surface area (Å²) in [5.41, 5.74) is 2.25. The summed E-state index contributed by atoms with van der Waals surface area (Å²) in [6, 6.07) is 8.27. The third kappa shape index (κ3) is 2.89. The monoisotopic (exact) mass is 247 g/mol. The SMILES string of the molecule is CC(CCO)CNCc1nn(C)c2ccccc12. The van der Waals surface area contributed by atoms with Crippen molar-refractivity contribution in [3.63, 3.8) is 0 Å². The quantitative estimate of drug-likeness (QED) is 0.816. The fourth-order valence-corrected chi connectivity index (χ4v) is 2.18. The molecule has 0 saturated heterocycles. The van der Waals surface area contributed by atoms with Gasteiger partial charge in [-0.3, -0.25) is 4.68 Å². The Hall–Kier alpha value is -1.39. The average Bonchev–Trinajstić information content (AvgIpc) is 2.68. The molecular formula is C14H21N3O. The van der Waals surface area contributed by atoms with Crippen molar-refractivity contribution in [3.8, 4) is 0 Å². The number of aromatic nitrogens is 2. The minimum atomic E-state index is 0.259. The molecule has 4 nitrogen and oxygen atoms in total. The van der Waals surface area contributed by atoms with Gasteiger partial charge in [0.15, 0.2) is 0 Å². The van der Waals surface area contributed by atoms with Crippen LogP contribution in [0.1, 0.15) is 19.0 Å². The number of fused-ring (bicyclic) bond motifs is 1. The summed E-state index contributed by atoms with van der Waals surface area (Å²) in [6.07, 6.45) is 0.843. The van der Waals surface area contributed by atoms with Crippen LogP contribution in [0.15, 0.2) is 24.3 Å². The van der Waals surface area contributed by atoms with E-state index in [1.165, 1.54) is 5.39 Å². The lowest BCUT2D eigenvalue weighted by Crippen LogP contribution is -2.21. The van der Waals surface area contributed by atoms with Gasteiger partial charge < -0.3 is 10.4 Å². The van der Waals surface area contributed by atoms with Crippen LogP contribution in [0, 0.1) is 5.92 Å². The van der Waals surface area contributed by atoms with Crippen molar-refractivity contribution in [2.24, 2.45) is 13.0 Å². The first kappa shape index (κ1) is 13.1. The predicted molar refractivity (Wildman–Crippen MR) is 73.3 cm³/mol. The van der Waals surface area contributed by atoms with E-state index >= 15 is 0 Å². The zero-order valence-electron chi connectivity index (χ0n) is 11.1. The second-order valence-corrected chi connectivity index (χ2v) is 4.84. The minimum Gasteiger partial charge on any atom is -0.396 e. The number of hydrogen-bond acceptors (Lipinski definition) is 3. The Morgan fingerprint density at radius 1 is 1.39 bits per heavy atom. The van der Waals surface area contributed by atoms with Gasteiger partial charge >= 0.3 is 0 Å². The zero-order valence-corrected chi connectivity index (χ0v) is 11.1. The van der Waals surface area contributed by atoms with E-state index in [9.17, 15) is 0 Å². The molecular weight excluding hydrogens is 226 g/mol. The van der Waals surface area contributed by atoms with Crippen molar-refractivity contribution in [2.45, 2.75) is 19.9 Å². The Balaban J connectivity index is 2.00. The maximum atomic E-state index is 8.85. The van der Waals surface area contributed by atoms with Gasteiger partial charge in [0.25, 0.3) is 0 Å². The van der Waals surface area contributed by atoms with Crippen molar-refractivity contribution in [2.75, 3.05) is 13.2 Å². The van der Waals surface area contributed by atoms with E-state index in [-0.39, 0.29) is 6.61 Å². The third-order valence-corrected chi connectivity index (χ3v) is 3.24. The van der Waals surface area contributed by atoms with Crippen molar-refractivity contribution in [1.29, 1.82) is 0 Å². The molecule has 0 aliphatic carbocycles. The summed E-state index contributed by atoms with van der Waals surface area (Å²) in [5, 5.41) is 18.0. The Bertz CT molecular complexity index is 507. The average molecular weight is 247 g/mol. The van der Waals surface area contributed by atoms with E-state index in [0.29, 0.717) is 5.92 Å². The summed E-state index contributed by atoms with van der Waals surface area (Å²) in [5.74, 6) is 0.491. The lowest BCUT2D eigenvalue weighted by molar-refractivity contribution is 0.260. The molecule has 2 aromatic rings. The highest BCUT2D eigenvalue weighted by atomic mass is 16.3. The first-order chi connectivity index (χ1) is 8.72. The number of aryl methyl sites for hydroxylation is 1. The van der Waals surface area contributed by atoms with Crippen LogP contribution in [0.2, 0.25) is 0 Å². The number of aliphatic hydroxyl groups excluding tert-OH is 1. The van der Waals surface area contributed by atoms with Crippen molar-refractivity contribution < 1.29 is 5.11 Å². The highest BCUT2D eigenvalue weighted by Gasteiger charge is 2.07. The number of benzene rings is 1. The summed E-state index contributed by atoms with van der Waals surface area (Å²) in [4.78, 5) is 0. The van der Waals surface area contributed by atoms with Crippen LogP contribution < -0.4 is 5.32 Å². The van der Waals surface area contributed by atoms with E-state index in [4.69, 9.17) is 5.11 Å². The zero-order chi connectivity index (χ0) is 13.0. The summed E-state index contributed by atoms with van der Waals surface area (Å²) in [6.45, 7) is 4.08. The van der Waals surface area contributed by atoms with E-state index in [0.717, 1.165) is 30.7 Å². The van der Waals surface area contributed by atoms with E-state index in [1.807, 2.05) is 23.9 Å². The normalized spacial score (nSPS) is 13.1. The van der Waals surface area contributed by atoms with Gasteiger partial charge in [0.1, 0.15) is 0 Å². The summed E-state index contributed by atoms with van der Waals surface area (Å²) >= 11 is 0. The van der Waals surface area contributed by atoms with E-state index in [2.05, 4.69) is 29.5 Å². The third-order valence-electron chi connectivity index (χ3n) is 3.24. The maximum Gasteiger partial charge on any atom is 0.0841 e. The van der Waals surface area contributed by atoms with E-state index < -0.39 is 0 Å². The molecule has 2 rings (SSSR count). The van der Waals surface area contributed by atoms with E-state index in [1.54, 1.807) is 0 Å². The number of rotatable bonds is 6. The molecule has 0 bridgehead atoms. The first-order valence-electron chi connectivity index (χ1n) is 6.44. The van der Waals surface area contributed by atoms with Crippen LogP contribution in [-0.4, -0.2) is 28.0 Å². The Labute approximate surface area is 108 Å². The lowest BCUT2D eigenvalue weighted by atomic mass is 10.1. The van der Waals surface area contributed by atoms with Crippen LogP contribution in [-0.2, 0) is 13.6 Å². The molecule has 0 saturated carbocycles. The topological polar surface area (TPSA) is 50.1 Å². The minimum absolute atomic E-state index is 0.259. The van der Waals surface area contributed by atoms with Crippen LogP contribution >= 0.6 is 0 Å². The smallest absolute Gasteiger partial charge is 0.0841 e. The Morgan fingerprint density at radius 2 is 2.17 bits per heavy atom. The molecule has 0 fully saturated rings. The molecule has 18 heavy (non-hydrogen) atoms. The number of para-hydroxylation sites is 1. The second-order valence-electron chi connectivity index (χ2n) is 4.84. The number of nitrogens with one attached hydrogen (secondary N) is 1. The molecule has 1 aromatic heterocycles. The number of hydrogen-bond donors (Lipinski definition) is 2. The number of nitrogens with zero attached hydrogens (tertiary/aromatic N) is 2. The molecule has 1 heterocycles. The molecule has 4 heteroatoms. The summed E-state index contributed by atoms with van der Waals surface area (Å²) < 4.78 is 1.92. The molecule has 98 valence electrons. The van der Waals surface area contributed by atoms with Gasteiger partial charge in [0, 0.05) is 25.6 Å². The second kappa shape index (κ2) is 5.98. The van der Waals surface area contributed by atoms with Crippen molar-refractivity contribution in [1.82, 2.24) is 15.1 Å². The van der Waals surface area contributed by atoms with Gasteiger partial charge in [-0.2, -0.15) is 5.10 Å². The van der Waals surface area contributed by atoms with Crippen LogP contribution in [0.25, 0.3) is 10.9 Å². The Morgan fingerprint density at radius 3 is 2.94 bits per heavy atom. The predicted octanol–water partition coefficient (Wildman–Crippen LogP) is 1.68. The fraction of sp³-hybridized carbons (Fsp3) is 0.500. The van der Waals surface area contributed by atoms with Gasteiger partial charge in [-0.15, -0.1) is 0 Å². The highest BCUT2D eigenvalue weighted by Crippen LogP contribution is 2.17. The van der Waals surface area contributed by atoms with Crippen LogP contribution in [0.5, 0.6) is 0 Å². The molecule has 1 unspecified atom stereocenters. The van der Waals surface area contributed by atoms with Gasteiger partial charge in [-0.05, 0) is 24.9 Å². The van der Waals surface area contributed by atoms with Crippen LogP contribution in [0.3, 0.4) is 0 Å². The molecule has 0 aliphatic heterocycles. The largest absolute Gasteiger partial charge is 0.396 e. The molecule has 1 atom stereocenters. The maximum absolute atomic E-state index is 8.85. The standard InChI is InChI=1S/C14H21N3O/c1-11(7-8-18)9-15-10-13-12-5-3-4-6-14(12)17(2)16-13/h3-6,11,15,18H,7-10H2,1-2H3. The fourth-order valence-electron chi connectivity index (χ4n) is 2.18. The summed E-state index contributed by atoms with van der Waals surface area (Å²) in [7, 11) is 1.97. The first-order valence-corrected chi connectivity index (χ1v) is 6.44. The van der Waals surface area contributed by atoms with Crippen LogP contribution in [0.4, 0.5) is 0 Å². The molecule has 1 aromatic carbocycles. The van der Waals surface area contributed by atoms with Gasteiger partial charge in [0.2, 0.25) is 0 Å².